The maximum atomic E-state index is 12.6. The highest BCUT2D eigenvalue weighted by atomic mass is 19.4. The first-order valence-corrected chi connectivity index (χ1v) is 8.67. The Balaban J connectivity index is 1.69. The van der Waals surface area contributed by atoms with Crippen LogP contribution in [-0.2, 0) is 11.0 Å². The fourth-order valence-corrected chi connectivity index (χ4v) is 2.90. The topological polar surface area (TPSA) is 41.1 Å². The van der Waals surface area contributed by atoms with E-state index in [0.29, 0.717) is 5.56 Å². The van der Waals surface area contributed by atoms with E-state index in [9.17, 15) is 18.0 Å². The number of benzene rings is 2. The lowest BCUT2D eigenvalue weighted by atomic mass is 10.1. The lowest BCUT2D eigenvalue weighted by molar-refractivity contribution is -0.137. The molecule has 1 heterocycles. The van der Waals surface area contributed by atoms with Gasteiger partial charge in [0, 0.05) is 16.8 Å². The predicted octanol–water partition coefficient (Wildman–Crippen LogP) is 4.10. The number of aryl methyl sites for hydroxylation is 1. The predicted molar refractivity (Wildman–Crippen MR) is 98.3 cm³/mol. The zero-order valence-electron chi connectivity index (χ0n) is 14.8. The van der Waals surface area contributed by atoms with Crippen LogP contribution in [0.1, 0.15) is 35.1 Å². The molecule has 0 bridgehead atoms. The van der Waals surface area contributed by atoms with E-state index in [1.165, 1.54) is 12.1 Å². The Labute approximate surface area is 156 Å². The highest BCUT2D eigenvalue weighted by molar-refractivity contribution is 5.95. The molecule has 140 valence electrons. The van der Waals surface area contributed by atoms with E-state index in [-0.39, 0.29) is 11.9 Å². The standard InChI is InChI=1S/C21H19F3N2O/c1-14-13-16(5-4-15-6-9-17(10-7-15)21(22,23)24)8-11-18(14)26-20(27)19-3-2-12-25-19/h6-11,13,19,25H,2-3,12H2,1H3,(H,26,27)/t19-/m1/s1. The van der Waals surface area contributed by atoms with Crippen LogP contribution in [0.15, 0.2) is 42.5 Å². The zero-order chi connectivity index (χ0) is 19.4. The molecule has 1 amide bonds. The Morgan fingerprint density at radius 1 is 1.11 bits per heavy atom. The van der Waals surface area contributed by atoms with E-state index in [0.717, 1.165) is 48.3 Å². The van der Waals surface area contributed by atoms with Crippen LogP contribution in [0, 0.1) is 18.8 Å². The molecule has 0 unspecified atom stereocenters. The number of nitrogens with one attached hydrogen (secondary N) is 2. The molecular weight excluding hydrogens is 353 g/mol. The van der Waals surface area contributed by atoms with Crippen LogP contribution in [0.2, 0.25) is 0 Å². The zero-order valence-corrected chi connectivity index (χ0v) is 14.8. The number of rotatable bonds is 2. The molecule has 0 aliphatic carbocycles. The second-order valence-electron chi connectivity index (χ2n) is 6.49. The van der Waals surface area contributed by atoms with Gasteiger partial charge in [0.2, 0.25) is 5.91 Å². The fourth-order valence-electron chi connectivity index (χ4n) is 2.90. The summed E-state index contributed by atoms with van der Waals surface area (Å²) in [6.45, 7) is 2.73. The van der Waals surface area contributed by atoms with Crippen molar-refractivity contribution in [3.05, 3.63) is 64.7 Å². The molecule has 3 rings (SSSR count). The number of carbonyl (C=O) groups is 1. The lowest BCUT2D eigenvalue weighted by Crippen LogP contribution is -2.35. The van der Waals surface area contributed by atoms with Crippen molar-refractivity contribution in [2.24, 2.45) is 0 Å². The van der Waals surface area contributed by atoms with Crippen LogP contribution >= 0.6 is 0 Å². The van der Waals surface area contributed by atoms with Gasteiger partial charge in [-0.25, -0.2) is 0 Å². The third kappa shape index (κ3) is 4.89. The fraction of sp³-hybridized carbons (Fsp3) is 0.286. The van der Waals surface area contributed by atoms with Gasteiger partial charge in [0.15, 0.2) is 0 Å². The lowest BCUT2D eigenvalue weighted by Gasteiger charge is -2.13. The number of hydrogen-bond donors (Lipinski definition) is 2. The summed E-state index contributed by atoms with van der Waals surface area (Å²) in [5.41, 5.74) is 2.14. The van der Waals surface area contributed by atoms with Gasteiger partial charge in [0.25, 0.3) is 0 Å². The third-order valence-electron chi connectivity index (χ3n) is 4.42. The summed E-state index contributed by atoms with van der Waals surface area (Å²) < 4.78 is 37.7. The van der Waals surface area contributed by atoms with Gasteiger partial charge in [0.1, 0.15) is 0 Å². The molecule has 1 atom stereocenters. The average molecular weight is 372 g/mol. The van der Waals surface area contributed by atoms with Crippen molar-refractivity contribution in [3.8, 4) is 11.8 Å². The number of alkyl halides is 3. The molecule has 27 heavy (non-hydrogen) atoms. The highest BCUT2D eigenvalue weighted by Gasteiger charge is 2.29. The van der Waals surface area contributed by atoms with Crippen molar-refractivity contribution in [2.45, 2.75) is 32.0 Å². The molecule has 2 N–H and O–H groups in total. The first-order chi connectivity index (χ1) is 12.8. The minimum Gasteiger partial charge on any atom is -0.324 e. The van der Waals surface area contributed by atoms with E-state index in [2.05, 4.69) is 22.5 Å². The molecule has 2 aromatic carbocycles. The molecule has 6 heteroatoms. The smallest absolute Gasteiger partial charge is 0.324 e. The van der Waals surface area contributed by atoms with Gasteiger partial charge in [-0.05, 0) is 74.3 Å². The second kappa shape index (κ2) is 7.85. The van der Waals surface area contributed by atoms with E-state index >= 15 is 0 Å². The normalized spacial score (nSPS) is 16.5. The van der Waals surface area contributed by atoms with Crippen LogP contribution in [-0.4, -0.2) is 18.5 Å². The van der Waals surface area contributed by atoms with E-state index in [1.54, 1.807) is 12.1 Å². The van der Waals surface area contributed by atoms with Gasteiger partial charge >= 0.3 is 6.18 Å². The maximum absolute atomic E-state index is 12.6. The van der Waals surface area contributed by atoms with E-state index in [1.807, 2.05) is 13.0 Å². The van der Waals surface area contributed by atoms with Gasteiger partial charge in [-0.2, -0.15) is 13.2 Å². The quantitative estimate of drug-likeness (QED) is 0.779. The number of anilines is 1. The minimum absolute atomic E-state index is 0.0424. The number of halogens is 3. The highest BCUT2D eigenvalue weighted by Crippen LogP contribution is 2.29. The number of amides is 1. The first-order valence-electron chi connectivity index (χ1n) is 8.67. The molecule has 3 nitrogen and oxygen atoms in total. The molecule has 0 aromatic heterocycles. The average Bonchev–Trinajstić information content (AvgIpc) is 3.16. The van der Waals surface area contributed by atoms with Crippen molar-refractivity contribution in [1.82, 2.24) is 5.32 Å². The number of carbonyl (C=O) groups excluding carboxylic acids is 1. The van der Waals surface area contributed by atoms with Crippen LogP contribution in [0.5, 0.6) is 0 Å². The van der Waals surface area contributed by atoms with Gasteiger partial charge in [-0.3, -0.25) is 4.79 Å². The van der Waals surface area contributed by atoms with Gasteiger partial charge in [0.05, 0.1) is 11.6 Å². The van der Waals surface area contributed by atoms with Crippen LogP contribution in [0.25, 0.3) is 0 Å². The summed E-state index contributed by atoms with van der Waals surface area (Å²) in [4.78, 5) is 12.2. The summed E-state index contributed by atoms with van der Waals surface area (Å²) in [6.07, 6.45) is -2.52. The van der Waals surface area contributed by atoms with Gasteiger partial charge in [-0.15, -0.1) is 0 Å². The summed E-state index contributed by atoms with van der Waals surface area (Å²) >= 11 is 0. The molecular formula is C21H19F3N2O. The van der Waals surface area contributed by atoms with Gasteiger partial charge in [-0.1, -0.05) is 11.8 Å². The minimum atomic E-state index is -4.35. The van der Waals surface area contributed by atoms with Crippen LogP contribution < -0.4 is 10.6 Å². The molecule has 1 aliphatic heterocycles. The van der Waals surface area contributed by atoms with Crippen LogP contribution in [0.4, 0.5) is 18.9 Å². The molecule has 1 saturated heterocycles. The van der Waals surface area contributed by atoms with E-state index < -0.39 is 11.7 Å². The summed E-state index contributed by atoms with van der Waals surface area (Å²) in [5, 5.41) is 6.07. The Bertz CT molecular complexity index is 886. The maximum Gasteiger partial charge on any atom is 0.416 e. The monoisotopic (exact) mass is 372 g/mol. The molecule has 0 spiro atoms. The van der Waals surface area contributed by atoms with Gasteiger partial charge < -0.3 is 10.6 Å². The molecule has 0 saturated carbocycles. The molecule has 1 aliphatic rings. The van der Waals surface area contributed by atoms with Crippen LogP contribution in [0.3, 0.4) is 0 Å². The summed E-state index contributed by atoms with van der Waals surface area (Å²) in [7, 11) is 0. The van der Waals surface area contributed by atoms with Crippen molar-refractivity contribution in [1.29, 1.82) is 0 Å². The third-order valence-corrected chi connectivity index (χ3v) is 4.42. The molecule has 1 fully saturated rings. The Morgan fingerprint density at radius 2 is 1.78 bits per heavy atom. The number of hydrogen-bond acceptors (Lipinski definition) is 2. The Hall–Kier alpha value is -2.78. The first kappa shape index (κ1) is 19.0. The van der Waals surface area contributed by atoms with Crippen molar-refractivity contribution < 1.29 is 18.0 Å². The molecule has 0 radical (unpaired) electrons. The summed E-state index contributed by atoms with van der Waals surface area (Å²) in [6, 6.07) is 10.0. The van der Waals surface area contributed by atoms with Crippen molar-refractivity contribution in [2.75, 3.05) is 11.9 Å². The second-order valence-corrected chi connectivity index (χ2v) is 6.49. The Kier molecular flexibility index (Phi) is 5.52. The summed E-state index contributed by atoms with van der Waals surface area (Å²) in [5.74, 6) is 5.75. The SMILES string of the molecule is Cc1cc(C#Cc2ccc(C(F)(F)F)cc2)ccc1NC(=O)[C@H]1CCCN1. The largest absolute Gasteiger partial charge is 0.416 e. The Morgan fingerprint density at radius 3 is 2.37 bits per heavy atom. The van der Waals surface area contributed by atoms with Crippen molar-refractivity contribution in [3.63, 3.8) is 0 Å². The molecule has 2 aromatic rings. The van der Waals surface area contributed by atoms with Crippen molar-refractivity contribution >= 4 is 11.6 Å². The van der Waals surface area contributed by atoms with E-state index in [4.69, 9.17) is 0 Å².